The third-order valence-electron chi connectivity index (χ3n) is 1.16. The minimum absolute atomic E-state index is 0.252. The minimum atomic E-state index is -4.49. The zero-order chi connectivity index (χ0) is 8.65. The number of nitrogens with two attached hydrogens (primary N) is 1. The highest BCUT2D eigenvalue weighted by molar-refractivity contribution is 5.17. The van der Waals surface area contributed by atoms with Gasteiger partial charge in [-0.15, -0.1) is 10.2 Å². The Morgan fingerprint density at radius 2 is 1.91 bits per heavy atom. The standard InChI is InChI=1S/C4H5F3N4/c1-11-2(4(5,6)7)9-10-3(11)8/h1H3,(H2,8,10). The van der Waals surface area contributed by atoms with E-state index in [4.69, 9.17) is 5.73 Å². The molecule has 0 amide bonds. The first-order valence-corrected chi connectivity index (χ1v) is 2.65. The van der Waals surface area contributed by atoms with Crippen LogP contribution in [-0.4, -0.2) is 14.8 Å². The van der Waals surface area contributed by atoms with Gasteiger partial charge < -0.3 is 5.73 Å². The second kappa shape index (κ2) is 2.11. The molecule has 4 nitrogen and oxygen atoms in total. The van der Waals surface area contributed by atoms with Crippen molar-refractivity contribution in [2.24, 2.45) is 7.05 Å². The molecule has 1 aromatic rings. The summed E-state index contributed by atoms with van der Waals surface area (Å²) in [5, 5.41) is 5.90. The van der Waals surface area contributed by atoms with Crippen molar-refractivity contribution in [1.82, 2.24) is 14.8 Å². The molecule has 0 spiro atoms. The van der Waals surface area contributed by atoms with Crippen molar-refractivity contribution in [2.75, 3.05) is 5.73 Å². The molecule has 0 radical (unpaired) electrons. The Morgan fingerprint density at radius 3 is 2.09 bits per heavy atom. The van der Waals surface area contributed by atoms with Gasteiger partial charge in [-0.05, 0) is 0 Å². The lowest BCUT2D eigenvalue weighted by molar-refractivity contribution is -0.146. The molecule has 62 valence electrons. The molecule has 2 N–H and O–H groups in total. The summed E-state index contributed by atoms with van der Waals surface area (Å²) >= 11 is 0. The van der Waals surface area contributed by atoms with Gasteiger partial charge >= 0.3 is 6.18 Å². The van der Waals surface area contributed by atoms with E-state index in [1.165, 1.54) is 0 Å². The van der Waals surface area contributed by atoms with Crippen LogP contribution in [0.4, 0.5) is 19.1 Å². The van der Waals surface area contributed by atoms with E-state index in [1.54, 1.807) is 0 Å². The summed E-state index contributed by atoms with van der Waals surface area (Å²) in [6.07, 6.45) is -4.49. The Kier molecular flexibility index (Phi) is 1.50. The Bertz CT molecular complexity index is 263. The van der Waals surface area contributed by atoms with Crippen molar-refractivity contribution in [3.63, 3.8) is 0 Å². The molecule has 11 heavy (non-hydrogen) atoms. The van der Waals surface area contributed by atoms with Crippen LogP contribution in [0, 0.1) is 0 Å². The smallest absolute Gasteiger partial charge is 0.368 e. The highest BCUT2D eigenvalue weighted by Gasteiger charge is 2.37. The molecule has 0 fully saturated rings. The summed E-state index contributed by atoms with van der Waals surface area (Å²) in [5.74, 6) is -1.34. The maximum Gasteiger partial charge on any atom is 0.451 e. The fourth-order valence-electron chi connectivity index (χ4n) is 0.588. The first-order valence-electron chi connectivity index (χ1n) is 2.65. The van der Waals surface area contributed by atoms with Gasteiger partial charge in [0.1, 0.15) is 0 Å². The molecule has 0 aliphatic heterocycles. The van der Waals surface area contributed by atoms with E-state index in [0.29, 0.717) is 4.57 Å². The average molecular weight is 166 g/mol. The zero-order valence-electron chi connectivity index (χ0n) is 5.55. The van der Waals surface area contributed by atoms with Crippen LogP contribution < -0.4 is 5.73 Å². The van der Waals surface area contributed by atoms with E-state index in [9.17, 15) is 13.2 Å². The predicted molar refractivity (Wildman–Crippen MR) is 30.4 cm³/mol. The summed E-state index contributed by atoms with van der Waals surface area (Å²) in [5.41, 5.74) is 5.03. The molecule has 0 saturated carbocycles. The van der Waals surface area contributed by atoms with Crippen molar-refractivity contribution in [3.8, 4) is 0 Å². The van der Waals surface area contributed by atoms with Gasteiger partial charge in [-0.1, -0.05) is 0 Å². The molecule has 0 aromatic carbocycles. The Labute approximate surface area is 59.8 Å². The summed E-state index contributed by atoms with van der Waals surface area (Å²) < 4.78 is 36.3. The van der Waals surface area contributed by atoms with Crippen molar-refractivity contribution in [2.45, 2.75) is 6.18 Å². The van der Waals surface area contributed by atoms with Crippen molar-refractivity contribution < 1.29 is 13.2 Å². The third kappa shape index (κ3) is 1.26. The highest BCUT2D eigenvalue weighted by Crippen LogP contribution is 2.27. The fraction of sp³-hybridized carbons (Fsp3) is 0.500. The number of hydrogen-bond donors (Lipinski definition) is 1. The van der Waals surface area contributed by atoms with E-state index >= 15 is 0 Å². The predicted octanol–water partition coefficient (Wildman–Crippen LogP) is 0.416. The summed E-state index contributed by atoms with van der Waals surface area (Å²) in [4.78, 5) is 0. The van der Waals surface area contributed by atoms with Gasteiger partial charge in [0, 0.05) is 7.05 Å². The number of alkyl halides is 3. The SMILES string of the molecule is Cn1c(N)nnc1C(F)(F)F. The van der Waals surface area contributed by atoms with E-state index in [2.05, 4.69) is 10.2 Å². The molecule has 0 saturated heterocycles. The topological polar surface area (TPSA) is 56.7 Å². The summed E-state index contributed by atoms with van der Waals surface area (Å²) in [7, 11) is 1.15. The second-order valence-corrected chi connectivity index (χ2v) is 1.94. The quantitative estimate of drug-likeness (QED) is 0.607. The lowest BCUT2D eigenvalue weighted by Gasteiger charge is -2.03. The maximum absolute atomic E-state index is 11.9. The molecule has 0 atom stereocenters. The van der Waals surface area contributed by atoms with E-state index in [-0.39, 0.29) is 5.95 Å². The van der Waals surface area contributed by atoms with Gasteiger partial charge in [0.2, 0.25) is 11.8 Å². The lowest BCUT2D eigenvalue weighted by atomic mass is 10.6. The van der Waals surface area contributed by atoms with Gasteiger partial charge in [-0.2, -0.15) is 13.2 Å². The summed E-state index contributed by atoms with van der Waals surface area (Å²) in [6, 6.07) is 0. The number of hydrogen-bond acceptors (Lipinski definition) is 3. The van der Waals surface area contributed by atoms with Crippen LogP contribution in [-0.2, 0) is 13.2 Å². The normalized spacial score (nSPS) is 12.0. The molecule has 0 aliphatic carbocycles. The number of halogens is 3. The number of nitrogen functional groups attached to an aromatic ring is 1. The lowest BCUT2D eigenvalue weighted by Crippen LogP contribution is -2.13. The first kappa shape index (κ1) is 7.83. The molecule has 1 rings (SSSR count). The van der Waals surface area contributed by atoms with Crippen LogP contribution >= 0.6 is 0 Å². The molecule has 0 unspecified atom stereocenters. The zero-order valence-corrected chi connectivity index (χ0v) is 5.55. The van der Waals surface area contributed by atoms with Crippen LogP contribution in [0.1, 0.15) is 5.82 Å². The molecular weight excluding hydrogens is 161 g/mol. The van der Waals surface area contributed by atoms with Gasteiger partial charge in [0.05, 0.1) is 0 Å². The van der Waals surface area contributed by atoms with Gasteiger partial charge in [0.15, 0.2) is 0 Å². The van der Waals surface area contributed by atoms with Crippen molar-refractivity contribution in [1.29, 1.82) is 0 Å². The molecule has 0 aliphatic rings. The van der Waals surface area contributed by atoms with Crippen LogP contribution in [0.2, 0.25) is 0 Å². The van der Waals surface area contributed by atoms with Gasteiger partial charge in [-0.25, -0.2) is 0 Å². The van der Waals surface area contributed by atoms with E-state index in [1.807, 2.05) is 0 Å². The van der Waals surface area contributed by atoms with Crippen LogP contribution in [0.3, 0.4) is 0 Å². The maximum atomic E-state index is 11.9. The monoisotopic (exact) mass is 166 g/mol. The minimum Gasteiger partial charge on any atom is -0.368 e. The van der Waals surface area contributed by atoms with Crippen LogP contribution in [0.15, 0.2) is 0 Å². The molecule has 0 bridgehead atoms. The number of nitrogens with zero attached hydrogens (tertiary/aromatic N) is 3. The molecule has 1 heterocycles. The first-order chi connectivity index (χ1) is 4.93. The Morgan fingerprint density at radius 1 is 1.36 bits per heavy atom. The molecule has 7 heteroatoms. The van der Waals surface area contributed by atoms with Crippen molar-refractivity contribution >= 4 is 5.95 Å². The summed E-state index contributed by atoms with van der Waals surface area (Å²) in [6.45, 7) is 0. The second-order valence-electron chi connectivity index (χ2n) is 1.94. The largest absolute Gasteiger partial charge is 0.451 e. The molecular formula is C4H5F3N4. The van der Waals surface area contributed by atoms with E-state index < -0.39 is 12.0 Å². The fourth-order valence-corrected chi connectivity index (χ4v) is 0.588. The van der Waals surface area contributed by atoms with Crippen molar-refractivity contribution in [3.05, 3.63) is 5.82 Å². The average Bonchev–Trinajstić information content (AvgIpc) is 2.11. The number of aromatic nitrogens is 3. The van der Waals surface area contributed by atoms with Crippen LogP contribution in [0.25, 0.3) is 0 Å². The number of rotatable bonds is 0. The Hall–Kier alpha value is -1.27. The molecule has 1 aromatic heterocycles. The third-order valence-corrected chi connectivity index (χ3v) is 1.16. The number of anilines is 1. The van der Waals surface area contributed by atoms with E-state index in [0.717, 1.165) is 7.05 Å². The van der Waals surface area contributed by atoms with Gasteiger partial charge in [0.25, 0.3) is 0 Å². The van der Waals surface area contributed by atoms with Crippen LogP contribution in [0.5, 0.6) is 0 Å². The Balaban J connectivity index is 3.15. The highest BCUT2D eigenvalue weighted by atomic mass is 19.4. The van der Waals surface area contributed by atoms with Gasteiger partial charge in [-0.3, -0.25) is 4.57 Å².